The molecule has 0 spiro atoms. The molecular weight excluding hydrogens is 429 g/mol. The first-order chi connectivity index (χ1) is 15.9. The molecule has 0 fully saturated rings. The monoisotopic (exact) mass is 449 g/mol. The van der Waals surface area contributed by atoms with Gasteiger partial charge in [0.2, 0.25) is 11.8 Å². The van der Waals surface area contributed by atoms with Crippen LogP contribution in [-0.4, -0.2) is 29.8 Å². The number of nitriles is 1. The summed E-state index contributed by atoms with van der Waals surface area (Å²) in [4.78, 5) is 12.2. The Morgan fingerprint density at radius 1 is 1.30 bits per heavy atom. The molecule has 1 aliphatic rings. The van der Waals surface area contributed by atoms with Gasteiger partial charge in [0.25, 0.3) is 5.91 Å². The van der Waals surface area contributed by atoms with Crippen LogP contribution >= 0.6 is 0 Å². The minimum atomic E-state index is -0.512. The van der Waals surface area contributed by atoms with Gasteiger partial charge in [-0.05, 0) is 48.9 Å². The fraction of sp³-hybridized carbons (Fsp3) is 0.174. The molecule has 2 aromatic carbocycles. The molecule has 3 aromatic rings. The quantitative estimate of drug-likeness (QED) is 0.526. The maximum atomic E-state index is 13.0. The molecule has 4 N–H and O–H groups in total. The Balaban J connectivity index is 1.56. The van der Waals surface area contributed by atoms with Crippen LogP contribution in [0.15, 0.2) is 53.9 Å². The zero-order valence-electron chi connectivity index (χ0n) is 17.8. The molecule has 33 heavy (non-hydrogen) atoms. The molecule has 0 aliphatic carbocycles. The van der Waals surface area contributed by atoms with E-state index in [1.807, 2.05) is 6.92 Å². The van der Waals surface area contributed by atoms with Gasteiger partial charge in [-0.25, -0.2) is 4.39 Å². The van der Waals surface area contributed by atoms with Crippen LogP contribution in [0.3, 0.4) is 0 Å². The maximum Gasteiger partial charge on any atom is 0.262 e. The highest BCUT2D eigenvalue weighted by atomic mass is 19.1. The number of aromatic nitrogens is 2. The van der Waals surface area contributed by atoms with Crippen molar-refractivity contribution < 1.29 is 23.4 Å². The van der Waals surface area contributed by atoms with Crippen molar-refractivity contribution in [1.29, 1.82) is 5.26 Å². The van der Waals surface area contributed by atoms with Crippen LogP contribution in [-0.2, 0) is 4.79 Å². The minimum absolute atomic E-state index is 0.0155. The number of methoxy groups -OCH3 is 1. The summed E-state index contributed by atoms with van der Waals surface area (Å²) in [5.41, 5.74) is 8.81. The summed E-state index contributed by atoms with van der Waals surface area (Å²) >= 11 is 0. The first kappa shape index (κ1) is 21.7. The molecule has 168 valence electrons. The summed E-state index contributed by atoms with van der Waals surface area (Å²) in [5.74, 6) is -0.327. The number of hydrogen-bond donors (Lipinski definition) is 3. The van der Waals surface area contributed by atoms with Gasteiger partial charge in [-0.2, -0.15) is 5.26 Å². The number of fused-ring (bicyclic) bond motifs is 1. The first-order valence-electron chi connectivity index (χ1n) is 9.90. The van der Waals surface area contributed by atoms with Crippen molar-refractivity contribution in [2.45, 2.75) is 12.8 Å². The van der Waals surface area contributed by atoms with Gasteiger partial charge < -0.3 is 25.3 Å². The highest BCUT2D eigenvalue weighted by Gasteiger charge is 2.34. The van der Waals surface area contributed by atoms with Crippen molar-refractivity contribution >= 4 is 11.6 Å². The highest BCUT2D eigenvalue weighted by molar-refractivity contribution is 5.91. The summed E-state index contributed by atoms with van der Waals surface area (Å²) in [7, 11) is 1.47. The lowest BCUT2D eigenvalue weighted by atomic mass is 9.84. The Morgan fingerprint density at radius 3 is 2.76 bits per heavy atom. The van der Waals surface area contributed by atoms with Crippen LogP contribution in [0.2, 0.25) is 0 Å². The van der Waals surface area contributed by atoms with Crippen molar-refractivity contribution in [3.05, 3.63) is 76.6 Å². The fourth-order valence-electron chi connectivity index (χ4n) is 3.59. The van der Waals surface area contributed by atoms with Gasteiger partial charge in [0, 0.05) is 16.9 Å². The topological polar surface area (TPSA) is 135 Å². The summed E-state index contributed by atoms with van der Waals surface area (Å²) in [6.07, 6.45) is 0. The standard InChI is InChI=1S/C23H20FN5O4/c1-12-20-21(16(10-25)22(26)33-23(20)29-28-12)13-3-8-17(18(9-13)31-2)32-11-19(30)27-15-6-4-14(24)5-7-15/h3-9,21H,11,26H2,1-2H3,(H,27,30)(H,28,29)/t21-/m1/s1. The molecular formula is C23H20FN5O4. The third-order valence-electron chi connectivity index (χ3n) is 5.14. The van der Waals surface area contributed by atoms with Crippen LogP contribution in [0.4, 0.5) is 10.1 Å². The van der Waals surface area contributed by atoms with Crippen molar-refractivity contribution in [2.75, 3.05) is 19.0 Å². The molecule has 1 aliphatic heterocycles. The average molecular weight is 449 g/mol. The number of carbonyl (C=O) groups excluding carboxylic acids is 1. The molecule has 1 amide bonds. The highest BCUT2D eigenvalue weighted by Crippen LogP contribution is 2.44. The lowest BCUT2D eigenvalue weighted by Crippen LogP contribution is -2.21. The number of aryl methyl sites for hydroxylation is 1. The third-order valence-corrected chi connectivity index (χ3v) is 5.14. The number of H-pyrrole nitrogens is 1. The van der Waals surface area contributed by atoms with E-state index < -0.39 is 17.6 Å². The molecule has 0 saturated heterocycles. The molecule has 1 atom stereocenters. The predicted octanol–water partition coefficient (Wildman–Crippen LogP) is 3.10. The lowest BCUT2D eigenvalue weighted by Gasteiger charge is -2.24. The Kier molecular flexibility index (Phi) is 5.87. The summed E-state index contributed by atoms with van der Waals surface area (Å²) in [6.45, 7) is 1.54. The van der Waals surface area contributed by atoms with Crippen LogP contribution in [0.25, 0.3) is 0 Å². The summed E-state index contributed by atoms with van der Waals surface area (Å²) < 4.78 is 29.6. The van der Waals surface area contributed by atoms with E-state index in [9.17, 15) is 14.4 Å². The number of rotatable bonds is 6. The van der Waals surface area contributed by atoms with Crippen molar-refractivity contribution in [3.63, 3.8) is 0 Å². The van der Waals surface area contributed by atoms with Gasteiger partial charge >= 0.3 is 0 Å². The number of allylic oxidation sites excluding steroid dienone is 1. The summed E-state index contributed by atoms with van der Waals surface area (Å²) in [6, 6.07) is 12.6. The zero-order valence-corrected chi connectivity index (χ0v) is 17.8. The Hall–Kier alpha value is -4.52. The zero-order chi connectivity index (χ0) is 23.5. The van der Waals surface area contributed by atoms with Gasteiger partial charge in [0.15, 0.2) is 18.1 Å². The minimum Gasteiger partial charge on any atom is -0.493 e. The number of nitrogens with zero attached hydrogens (tertiary/aromatic N) is 2. The number of ether oxygens (including phenoxy) is 3. The number of nitrogens with one attached hydrogen (secondary N) is 2. The van der Waals surface area contributed by atoms with E-state index in [2.05, 4.69) is 21.6 Å². The first-order valence-corrected chi connectivity index (χ1v) is 9.90. The third kappa shape index (κ3) is 4.29. The Morgan fingerprint density at radius 2 is 2.06 bits per heavy atom. The number of anilines is 1. The number of aromatic amines is 1. The lowest BCUT2D eigenvalue weighted by molar-refractivity contribution is -0.118. The van der Waals surface area contributed by atoms with E-state index in [1.54, 1.807) is 18.2 Å². The number of amides is 1. The van der Waals surface area contributed by atoms with Crippen LogP contribution in [0.1, 0.15) is 22.7 Å². The summed E-state index contributed by atoms with van der Waals surface area (Å²) in [5, 5.41) is 19.3. The van der Waals surface area contributed by atoms with Crippen LogP contribution < -0.4 is 25.3 Å². The Bertz CT molecular complexity index is 1280. The molecule has 10 heteroatoms. The van der Waals surface area contributed by atoms with Gasteiger partial charge in [0.1, 0.15) is 17.5 Å². The second-order valence-corrected chi connectivity index (χ2v) is 7.25. The molecule has 1 aromatic heterocycles. The number of carbonyl (C=O) groups is 1. The van der Waals surface area contributed by atoms with Gasteiger partial charge in [-0.15, -0.1) is 5.10 Å². The molecule has 9 nitrogen and oxygen atoms in total. The molecule has 2 heterocycles. The van der Waals surface area contributed by atoms with Crippen molar-refractivity contribution in [1.82, 2.24) is 10.2 Å². The van der Waals surface area contributed by atoms with Gasteiger partial charge in [-0.1, -0.05) is 6.07 Å². The van der Waals surface area contributed by atoms with E-state index in [-0.39, 0.29) is 18.1 Å². The SMILES string of the molecule is COc1cc([C@@H]2C(C#N)=C(N)Oc3n[nH]c(C)c32)ccc1OCC(=O)Nc1ccc(F)cc1. The molecule has 0 saturated carbocycles. The van der Waals surface area contributed by atoms with Crippen LogP contribution in [0, 0.1) is 24.1 Å². The second-order valence-electron chi connectivity index (χ2n) is 7.25. The Labute approximate surface area is 188 Å². The smallest absolute Gasteiger partial charge is 0.262 e. The predicted molar refractivity (Wildman–Crippen MR) is 116 cm³/mol. The molecule has 0 unspecified atom stereocenters. The van der Waals surface area contributed by atoms with E-state index in [0.717, 1.165) is 5.69 Å². The number of nitrogens with two attached hydrogens (primary N) is 1. The van der Waals surface area contributed by atoms with E-state index in [1.165, 1.54) is 31.4 Å². The van der Waals surface area contributed by atoms with Crippen molar-refractivity contribution in [2.24, 2.45) is 5.73 Å². The normalized spacial score (nSPS) is 14.7. The fourth-order valence-corrected chi connectivity index (χ4v) is 3.59. The molecule has 0 radical (unpaired) electrons. The maximum absolute atomic E-state index is 13.0. The van der Waals surface area contributed by atoms with E-state index in [4.69, 9.17) is 19.9 Å². The van der Waals surface area contributed by atoms with Crippen LogP contribution in [0.5, 0.6) is 17.4 Å². The van der Waals surface area contributed by atoms with Gasteiger partial charge in [0.05, 0.1) is 13.0 Å². The van der Waals surface area contributed by atoms with E-state index >= 15 is 0 Å². The molecule has 0 bridgehead atoms. The largest absolute Gasteiger partial charge is 0.493 e. The van der Waals surface area contributed by atoms with Crippen molar-refractivity contribution in [3.8, 4) is 23.4 Å². The number of hydrogen-bond acceptors (Lipinski definition) is 7. The van der Waals surface area contributed by atoms with Gasteiger partial charge in [-0.3, -0.25) is 9.89 Å². The molecule has 4 rings (SSSR count). The number of benzene rings is 2. The van der Waals surface area contributed by atoms with E-state index in [0.29, 0.717) is 34.2 Å². The second kappa shape index (κ2) is 8.92. The number of halogens is 1. The average Bonchev–Trinajstić information content (AvgIpc) is 3.18.